The monoisotopic (exact) mass is 470 g/mol. The van der Waals surface area contributed by atoms with Gasteiger partial charge in [0.15, 0.2) is 5.96 Å². The van der Waals surface area contributed by atoms with Gasteiger partial charge in [-0.05, 0) is 75.0 Å². The molecule has 0 spiro atoms. The molecule has 0 radical (unpaired) electrons. The van der Waals surface area contributed by atoms with Gasteiger partial charge in [0.2, 0.25) is 10.0 Å². The van der Waals surface area contributed by atoms with Crippen LogP contribution in [0.1, 0.15) is 18.9 Å². The van der Waals surface area contributed by atoms with E-state index in [4.69, 9.17) is 11.1 Å². The molecule has 1 heterocycles. The van der Waals surface area contributed by atoms with Crippen molar-refractivity contribution in [3.63, 3.8) is 0 Å². The molecule has 2 aromatic rings. The lowest BCUT2D eigenvalue weighted by atomic mass is 10.1. The van der Waals surface area contributed by atoms with E-state index in [-0.39, 0.29) is 10.9 Å². The summed E-state index contributed by atoms with van der Waals surface area (Å²) in [5.74, 6) is -0.825. The Morgan fingerprint density at radius 2 is 1.73 bits per heavy atom. The van der Waals surface area contributed by atoms with Gasteiger partial charge in [-0.15, -0.1) is 0 Å². The zero-order valence-electron chi connectivity index (χ0n) is 19.0. The van der Waals surface area contributed by atoms with E-state index in [1.807, 2.05) is 31.3 Å². The minimum absolute atomic E-state index is 0.0115. The Morgan fingerprint density at radius 1 is 1.15 bits per heavy atom. The molecule has 1 aliphatic rings. The predicted octanol–water partition coefficient (Wildman–Crippen LogP) is 2.17. The third-order valence-corrected chi connectivity index (χ3v) is 7.53. The van der Waals surface area contributed by atoms with Crippen LogP contribution in [-0.4, -0.2) is 62.7 Å². The SMILES string of the molecule is CC(=Cc1ccc(Nc2ccc(S(=O)(=O)N(C)C3CCN(C)C3)cc2)cc1)C(=O)NC(=N)N. The van der Waals surface area contributed by atoms with Gasteiger partial charge in [0, 0.05) is 36.6 Å². The van der Waals surface area contributed by atoms with Crippen LogP contribution in [0.3, 0.4) is 0 Å². The Balaban J connectivity index is 1.65. The summed E-state index contributed by atoms with van der Waals surface area (Å²) in [6, 6.07) is 14.1. The largest absolute Gasteiger partial charge is 0.370 e. The van der Waals surface area contributed by atoms with E-state index >= 15 is 0 Å². The summed E-state index contributed by atoms with van der Waals surface area (Å²) in [6.45, 7) is 3.27. The number of amides is 1. The van der Waals surface area contributed by atoms with Gasteiger partial charge >= 0.3 is 0 Å². The molecule has 0 bridgehead atoms. The summed E-state index contributed by atoms with van der Waals surface area (Å²) in [4.78, 5) is 14.2. The molecule has 33 heavy (non-hydrogen) atoms. The Hall–Kier alpha value is -3.21. The summed E-state index contributed by atoms with van der Waals surface area (Å²) in [7, 11) is 0.0932. The molecule has 1 unspecified atom stereocenters. The van der Waals surface area contributed by atoms with Crippen LogP contribution in [0, 0.1) is 5.41 Å². The molecule has 1 fully saturated rings. The standard InChI is InChI=1S/C23H30N6O3S/c1-16(22(30)27-23(24)25)14-17-4-6-18(7-5-17)26-19-8-10-21(11-9-19)33(31,32)29(3)20-12-13-28(2)15-20/h4-11,14,20,26H,12-13,15H2,1-3H3,(H4,24,25,27,30). The maximum absolute atomic E-state index is 13.0. The first kappa shape index (κ1) is 24.4. The van der Waals surface area contributed by atoms with Gasteiger partial charge in [-0.25, -0.2) is 8.42 Å². The van der Waals surface area contributed by atoms with E-state index in [0.717, 1.165) is 36.4 Å². The minimum atomic E-state index is -3.55. The maximum atomic E-state index is 13.0. The van der Waals surface area contributed by atoms with Gasteiger partial charge in [-0.3, -0.25) is 15.5 Å². The number of anilines is 2. The lowest BCUT2D eigenvalue weighted by Crippen LogP contribution is -2.38. The average molecular weight is 471 g/mol. The molecule has 2 aromatic carbocycles. The van der Waals surface area contributed by atoms with Gasteiger partial charge in [-0.1, -0.05) is 12.1 Å². The van der Waals surface area contributed by atoms with Crippen molar-refractivity contribution in [2.75, 3.05) is 32.5 Å². The molecule has 9 nitrogen and oxygen atoms in total. The van der Waals surface area contributed by atoms with Crippen molar-refractivity contribution in [3.8, 4) is 0 Å². The summed E-state index contributed by atoms with van der Waals surface area (Å²) < 4.78 is 27.4. The van der Waals surface area contributed by atoms with Crippen LogP contribution in [-0.2, 0) is 14.8 Å². The normalized spacial score (nSPS) is 17.2. The molecule has 0 aromatic heterocycles. The highest BCUT2D eigenvalue weighted by molar-refractivity contribution is 7.89. The first-order chi connectivity index (χ1) is 15.6. The first-order valence-corrected chi connectivity index (χ1v) is 12.0. The Bertz CT molecular complexity index is 1140. The summed E-state index contributed by atoms with van der Waals surface area (Å²) in [5, 5.41) is 12.6. The average Bonchev–Trinajstić information content (AvgIpc) is 3.20. The molecule has 10 heteroatoms. The molecule has 1 amide bonds. The van der Waals surface area contributed by atoms with Crippen molar-refractivity contribution in [1.29, 1.82) is 5.41 Å². The number of sulfonamides is 1. The fourth-order valence-electron chi connectivity index (χ4n) is 3.65. The number of rotatable bonds is 7. The number of nitrogens with zero attached hydrogens (tertiary/aromatic N) is 2. The third-order valence-electron chi connectivity index (χ3n) is 5.60. The highest BCUT2D eigenvalue weighted by Crippen LogP contribution is 2.24. The van der Waals surface area contributed by atoms with E-state index in [1.165, 1.54) is 4.31 Å². The minimum Gasteiger partial charge on any atom is -0.370 e. The molecule has 1 aliphatic heterocycles. The lowest BCUT2D eigenvalue weighted by molar-refractivity contribution is -0.116. The van der Waals surface area contributed by atoms with Crippen LogP contribution >= 0.6 is 0 Å². The number of carbonyl (C=O) groups is 1. The molecule has 1 atom stereocenters. The van der Waals surface area contributed by atoms with Crippen LogP contribution < -0.4 is 16.4 Å². The van der Waals surface area contributed by atoms with E-state index in [0.29, 0.717) is 5.57 Å². The molecule has 1 saturated heterocycles. The molecule has 0 saturated carbocycles. The van der Waals surface area contributed by atoms with Crippen molar-refractivity contribution in [2.24, 2.45) is 5.73 Å². The number of likely N-dealkylation sites (N-methyl/N-ethyl adjacent to an activating group) is 2. The quantitative estimate of drug-likeness (QED) is 0.279. The number of hydrogen-bond donors (Lipinski definition) is 4. The van der Waals surface area contributed by atoms with Crippen LogP contribution in [0.2, 0.25) is 0 Å². The smallest absolute Gasteiger partial charge is 0.253 e. The summed E-state index contributed by atoms with van der Waals surface area (Å²) in [5.41, 5.74) is 8.00. The predicted molar refractivity (Wildman–Crippen MR) is 131 cm³/mol. The van der Waals surface area contributed by atoms with E-state index < -0.39 is 21.9 Å². The molecule has 176 valence electrons. The third kappa shape index (κ3) is 6.19. The van der Waals surface area contributed by atoms with Gasteiger partial charge in [-0.2, -0.15) is 4.31 Å². The number of nitrogens with two attached hydrogens (primary N) is 1. The zero-order valence-corrected chi connectivity index (χ0v) is 19.8. The maximum Gasteiger partial charge on any atom is 0.253 e. The Labute approximate surface area is 194 Å². The fraction of sp³-hybridized carbons (Fsp3) is 0.304. The van der Waals surface area contributed by atoms with Crippen LogP contribution in [0.4, 0.5) is 11.4 Å². The second kappa shape index (κ2) is 10.2. The van der Waals surface area contributed by atoms with Crippen LogP contribution in [0.15, 0.2) is 59.0 Å². The number of likely N-dealkylation sites (tertiary alicyclic amines) is 1. The van der Waals surface area contributed by atoms with E-state index in [2.05, 4.69) is 15.5 Å². The van der Waals surface area contributed by atoms with Crippen molar-refractivity contribution < 1.29 is 13.2 Å². The molecule has 3 rings (SSSR count). The first-order valence-electron chi connectivity index (χ1n) is 10.5. The van der Waals surface area contributed by atoms with Crippen molar-refractivity contribution in [1.82, 2.24) is 14.5 Å². The molecule has 0 aliphatic carbocycles. The van der Waals surface area contributed by atoms with Crippen molar-refractivity contribution in [3.05, 3.63) is 59.7 Å². The van der Waals surface area contributed by atoms with E-state index in [9.17, 15) is 13.2 Å². The van der Waals surface area contributed by atoms with Gasteiger partial charge in [0.25, 0.3) is 5.91 Å². The van der Waals surface area contributed by atoms with Crippen LogP contribution in [0.25, 0.3) is 6.08 Å². The molecule has 5 N–H and O–H groups in total. The molecular formula is C23H30N6O3S. The topological polar surface area (TPSA) is 132 Å². The van der Waals surface area contributed by atoms with Gasteiger partial charge < -0.3 is 16.0 Å². The van der Waals surface area contributed by atoms with Crippen molar-refractivity contribution >= 4 is 39.3 Å². The summed E-state index contributed by atoms with van der Waals surface area (Å²) >= 11 is 0. The number of carbonyl (C=O) groups excluding carboxylic acids is 1. The fourth-order valence-corrected chi connectivity index (χ4v) is 5.02. The second-order valence-electron chi connectivity index (χ2n) is 8.19. The number of nitrogens with one attached hydrogen (secondary N) is 3. The number of benzene rings is 2. The molecular weight excluding hydrogens is 440 g/mol. The lowest BCUT2D eigenvalue weighted by Gasteiger charge is -2.24. The number of guanidine groups is 1. The zero-order chi connectivity index (χ0) is 24.2. The Morgan fingerprint density at radius 3 is 2.24 bits per heavy atom. The highest BCUT2D eigenvalue weighted by atomic mass is 32.2. The van der Waals surface area contributed by atoms with Crippen LogP contribution in [0.5, 0.6) is 0 Å². The van der Waals surface area contributed by atoms with Crippen molar-refractivity contribution in [2.45, 2.75) is 24.3 Å². The van der Waals surface area contributed by atoms with Gasteiger partial charge in [0.05, 0.1) is 4.90 Å². The summed E-state index contributed by atoms with van der Waals surface area (Å²) in [6.07, 6.45) is 2.53. The van der Waals surface area contributed by atoms with E-state index in [1.54, 1.807) is 44.3 Å². The number of hydrogen-bond acceptors (Lipinski definition) is 6. The van der Waals surface area contributed by atoms with Gasteiger partial charge in [0.1, 0.15) is 0 Å². The Kier molecular flexibility index (Phi) is 7.52. The highest BCUT2D eigenvalue weighted by Gasteiger charge is 2.31. The second-order valence-corrected chi connectivity index (χ2v) is 10.2.